The molecular weight excluding hydrogens is 436 g/mol. The molecule has 0 amide bonds. The van der Waals surface area contributed by atoms with E-state index in [1.54, 1.807) is 12.1 Å². The Bertz CT molecular complexity index is 1280. The van der Waals surface area contributed by atoms with Crippen molar-refractivity contribution in [2.45, 2.75) is 44.3 Å². The summed E-state index contributed by atoms with van der Waals surface area (Å²) >= 11 is 7.44. The van der Waals surface area contributed by atoms with Gasteiger partial charge in [0.2, 0.25) is 0 Å². The fourth-order valence-electron chi connectivity index (χ4n) is 3.33. The maximum atomic E-state index is 12.0. The molecule has 0 radical (unpaired) electrons. The number of benzene rings is 2. The van der Waals surface area contributed by atoms with Crippen LogP contribution in [0.3, 0.4) is 0 Å². The van der Waals surface area contributed by atoms with E-state index in [-0.39, 0.29) is 12.2 Å². The Balaban J connectivity index is 1.50. The highest BCUT2D eigenvalue weighted by atomic mass is 35.5. The minimum absolute atomic E-state index is 0.117. The largest absolute Gasteiger partial charge is 0.482 e. The number of rotatable bonds is 7. The molecule has 2 aromatic carbocycles. The summed E-state index contributed by atoms with van der Waals surface area (Å²) in [6.45, 7) is 6.44. The van der Waals surface area contributed by atoms with Gasteiger partial charge in [-0.25, -0.2) is 4.79 Å². The lowest BCUT2D eigenvalue weighted by atomic mass is 9.95. The first-order valence-electron chi connectivity index (χ1n) is 9.80. The average molecular weight is 457 g/mol. The van der Waals surface area contributed by atoms with E-state index in [0.29, 0.717) is 39.1 Å². The Morgan fingerprint density at radius 1 is 1.13 bits per heavy atom. The lowest BCUT2D eigenvalue weighted by Crippen LogP contribution is -2.02. The number of halogens is 1. The Labute approximate surface area is 188 Å². The third kappa shape index (κ3) is 4.94. The van der Waals surface area contributed by atoms with E-state index in [4.69, 9.17) is 25.2 Å². The van der Waals surface area contributed by atoms with Gasteiger partial charge in [0.05, 0.1) is 5.02 Å². The minimum atomic E-state index is -0.376. The van der Waals surface area contributed by atoms with Crippen LogP contribution in [0, 0.1) is 6.92 Å². The number of hydrogen-bond donors (Lipinski definition) is 0. The molecule has 0 saturated carbocycles. The molecule has 0 aliphatic rings. The van der Waals surface area contributed by atoms with Gasteiger partial charge in [-0.15, -0.1) is 10.2 Å². The summed E-state index contributed by atoms with van der Waals surface area (Å²) in [6.07, 6.45) is 0. The number of fused-ring (bicyclic) bond motifs is 1. The molecule has 6 nitrogen and oxygen atoms in total. The molecule has 0 unspecified atom stereocenters. The van der Waals surface area contributed by atoms with Gasteiger partial charge in [0.1, 0.15) is 11.3 Å². The molecule has 8 heteroatoms. The molecule has 4 aromatic rings. The predicted molar refractivity (Wildman–Crippen MR) is 121 cm³/mol. The van der Waals surface area contributed by atoms with Crippen LogP contribution in [0.15, 0.2) is 61.3 Å². The Morgan fingerprint density at radius 2 is 1.94 bits per heavy atom. The molecule has 0 aliphatic carbocycles. The van der Waals surface area contributed by atoms with Crippen LogP contribution in [0.1, 0.15) is 42.3 Å². The number of hydrogen-bond acceptors (Lipinski definition) is 7. The summed E-state index contributed by atoms with van der Waals surface area (Å²) in [4.78, 5) is 12.0. The highest BCUT2D eigenvalue weighted by Crippen LogP contribution is 2.30. The van der Waals surface area contributed by atoms with E-state index in [1.807, 2.05) is 25.1 Å². The summed E-state index contributed by atoms with van der Waals surface area (Å²) in [5.41, 5.74) is 3.41. The second kappa shape index (κ2) is 9.16. The second-order valence-corrected chi connectivity index (χ2v) is 8.75. The maximum Gasteiger partial charge on any atom is 0.336 e. The van der Waals surface area contributed by atoms with Gasteiger partial charge in [0, 0.05) is 17.2 Å². The van der Waals surface area contributed by atoms with Crippen LogP contribution in [-0.4, -0.2) is 10.2 Å². The maximum absolute atomic E-state index is 12.0. The van der Waals surface area contributed by atoms with Gasteiger partial charge in [0.15, 0.2) is 6.61 Å². The zero-order valence-electron chi connectivity index (χ0n) is 17.3. The van der Waals surface area contributed by atoms with Gasteiger partial charge in [0.25, 0.3) is 11.1 Å². The standard InChI is InChI=1S/C23H21ClN2O4S/c1-13(2)16-10-17-15(9-22(27)29-20(17)8-14(16)3)12-31-23-26-25-21(30-23)11-28-19-7-5-4-6-18(19)24/h4-10,13H,11-12H2,1-3H3. The molecule has 4 rings (SSSR count). The molecule has 0 N–H and O–H groups in total. The molecule has 160 valence electrons. The summed E-state index contributed by atoms with van der Waals surface area (Å²) in [7, 11) is 0. The molecule has 0 bridgehead atoms. The Hall–Kier alpha value is -2.77. The lowest BCUT2D eigenvalue weighted by molar-refractivity contribution is 0.252. The Morgan fingerprint density at radius 3 is 2.71 bits per heavy atom. The molecule has 0 aliphatic heterocycles. The molecular formula is C23H21ClN2O4S. The van der Waals surface area contributed by atoms with Crippen LogP contribution in [0.5, 0.6) is 5.75 Å². The van der Waals surface area contributed by atoms with Crippen molar-refractivity contribution in [1.82, 2.24) is 10.2 Å². The van der Waals surface area contributed by atoms with Crippen LogP contribution in [0.2, 0.25) is 5.02 Å². The topological polar surface area (TPSA) is 78.4 Å². The first-order chi connectivity index (χ1) is 14.9. The molecule has 2 heterocycles. The molecule has 0 atom stereocenters. The third-order valence-corrected chi connectivity index (χ3v) is 6.01. The van der Waals surface area contributed by atoms with E-state index in [2.05, 4.69) is 30.1 Å². The zero-order chi connectivity index (χ0) is 22.0. The summed E-state index contributed by atoms with van der Waals surface area (Å²) < 4.78 is 16.7. The monoisotopic (exact) mass is 456 g/mol. The highest BCUT2D eigenvalue weighted by Gasteiger charge is 2.14. The van der Waals surface area contributed by atoms with Crippen molar-refractivity contribution in [1.29, 1.82) is 0 Å². The van der Waals surface area contributed by atoms with Crippen LogP contribution in [0.25, 0.3) is 11.0 Å². The van der Waals surface area contributed by atoms with E-state index in [9.17, 15) is 4.79 Å². The third-order valence-electron chi connectivity index (χ3n) is 4.83. The van der Waals surface area contributed by atoms with E-state index >= 15 is 0 Å². The van der Waals surface area contributed by atoms with Gasteiger partial charge in [-0.05, 0) is 53.8 Å². The van der Waals surface area contributed by atoms with Gasteiger partial charge in [-0.2, -0.15) is 0 Å². The van der Waals surface area contributed by atoms with Crippen molar-refractivity contribution in [3.8, 4) is 5.75 Å². The Kier molecular flexibility index (Phi) is 6.34. The summed E-state index contributed by atoms with van der Waals surface area (Å²) in [5.74, 6) is 1.76. The van der Waals surface area contributed by atoms with E-state index in [1.165, 1.54) is 23.4 Å². The van der Waals surface area contributed by atoms with Crippen LogP contribution in [0.4, 0.5) is 0 Å². The fraction of sp³-hybridized carbons (Fsp3) is 0.261. The minimum Gasteiger partial charge on any atom is -0.482 e. The number of aryl methyl sites for hydroxylation is 1. The fourth-order valence-corrected chi connectivity index (χ4v) is 4.29. The second-order valence-electron chi connectivity index (χ2n) is 7.42. The summed E-state index contributed by atoms with van der Waals surface area (Å²) in [5, 5.41) is 9.91. The number of thioether (sulfide) groups is 1. The van der Waals surface area contributed by atoms with Crippen molar-refractivity contribution in [3.05, 3.63) is 80.5 Å². The highest BCUT2D eigenvalue weighted by molar-refractivity contribution is 7.98. The summed E-state index contributed by atoms with van der Waals surface area (Å²) in [6, 6.07) is 12.7. The van der Waals surface area contributed by atoms with Gasteiger partial charge < -0.3 is 13.6 Å². The molecule has 0 saturated heterocycles. The molecule has 0 fully saturated rings. The first kappa shape index (κ1) is 21.5. The SMILES string of the molecule is Cc1cc2oc(=O)cc(CSc3nnc(COc4ccccc4Cl)o3)c2cc1C(C)C. The molecule has 31 heavy (non-hydrogen) atoms. The van der Waals surface area contributed by atoms with Gasteiger partial charge in [-0.3, -0.25) is 0 Å². The van der Waals surface area contributed by atoms with Crippen LogP contribution >= 0.6 is 23.4 Å². The number of aromatic nitrogens is 2. The number of nitrogens with zero attached hydrogens (tertiary/aromatic N) is 2. The van der Waals surface area contributed by atoms with Gasteiger partial charge in [-0.1, -0.05) is 49.3 Å². The zero-order valence-corrected chi connectivity index (χ0v) is 18.9. The van der Waals surface area contributed by atoms with Crippen molar-refractivity contribution in [3.63, 3.8) is 0 Å². The van der Waals surface area contributed by atoms with E-state index in [0.717, 1.165) is 16.5 Å². The van der Waals surface area contributed by atoms with Gasteiger partial charge >= 0.3 is 5.63 Å². The van der Waals surface area contributed by atoms with Crippen molar-refractivity contribution >= 4 is 34.3 Å². The number of ether oxygens (including phenoxy) is 1. The van der Waals surface area contributed by atoms with Crippen molar-refractivity contribution in [2.24, 2.45) is 0 Å². The number of para-hydroxylation sites is 1. The predicted octanol–water partition coefficient (Wildman–Crippen LogP) is 6.13. The van der Waals surface area contributed by atoms with Crippen molar-refractivity contribution in [2.75, 3.05) is 0 Å². The smallest absolute Gasteiger partial charge is 0.336 e. The first-order valence-corrected chi connectivity index (χ1v) is 11.2. The normalized spacial score (nSPS) is 11.4. The molecule has 2 aromatic heterocycles. The van der Waals surface area contributed by atoms with Crippen LogP contribution < -0.4 is 10.4 Å². The van der Waals surface area contributed by atoms with E-state index < -0.39 is 0 Å². The quantitative estimate of drug-likeness (QED) is 0.244. The van der Waals surface area contributed by atoms with Crippen LogP contribution in [-0.2, 0) is 12.4 Å². The van der Waals surface area contributed by atoms with Crippen molar-refractivity contribution < 1.29 is 13.6 Å². The lowest BCUT2D eigenvalue weighted by Gasteiger charge is -2.12. The average Bonchev–Trinajstić information content (AvgIpc) is 3.18. The molecule has 0 spiro atoms.